The Morgan fingerprint density at radius 1 is 1.08 bits per heavy atom. The Hall–Kier alpha value is -1.66. The van der Waals surface area contributed by atoms with Gasteiger partial charge in [-0.1, -0.05) is 0 Å². The van der Waals surface area contributed by atoms with Crippen LogP contribution in [0.3, 0.4) is 0 Å². The third kappa shape index (κ3) is 5.42. The van der Waals surface area contributed by atoms with Crippen LogP contribution in [0.1, 0.15) is 19.3 Å². The molecule has 1 aromatic rings. The summed E-state index contributed by atoms with van der Waals surface area (Å²) in [5.41, 5.74) is 0. The number of amides is 1. The van der Waals surface area contributed by atoms with Crippen LogP contribution >= 0.6 is 0 Å². The molecule has 0 saturated carbocycles. The second-order valence-corrected chi connectivity index (χ2v) is 7.40. The fourth-order valence-corrected chi connectivity index (χ4v) is 3.71. The van der Waals surface area contributed by atoms with Gasteiger partial charge >= 0.3 is 0 Å². The van der Waals surface area contributed by atoms with Crippen molar-refractivity contribution in [3.8, 4) is 5.75 Å². The molecule has 2 aliphatic heterocycles. The molecule has 0 unspecified atom stereocenters. The van der Waals surface area contributed by atoms with Crippen LogP contribution in [0.2, 0.25) is 0 Å². The molecule has 5 nitrogen and oxygen atoms in total. The summed E-state index contributed by atoms with van der Waals surface area (Å²) in [7, 11) is 2.12. The molecule has 0 atom stereocenters. The molecule has 3 rings (SSSR count). The summed E-state index contributed by atoms with van der Waals surface area (Å²) in [6.07, 6.45) is 2.92. The Morgan fingerprint density at radius 3 is 2.38 bits per heavy atom. The van der Waals surface area contributed by atoms with E-state index < -0.39 is 0 Å². The normalized spacial score (nSPS) is 20.3. The molecule has 0 spiro atoms. The molecule has 144 valence electrons. The summed E-state index contributed by atoms with van der Waals surface area (Å²) >= 11 is 0. The van der Waals surface area contributed by atoms with Crippen LogP contribution < -0.4 is 4.74 Å². The molecule has 26 heavy (non-hydrogen) atoms. The third-order valence-corrected chi connectivity index (χ3v) is 5.45. The molecule has 2 saturated heterocycles. The van der Waals surface area contributed by atoms with E-state index in [4.69, 9.17) is 4.74 Å². The summed E-state index contributed by atoms with van der Waals surface area (Å²) in [6, 6.07) is 6.14. The molecule has 2 aliphatic rings. The number of benzene rings is 1. The second-order valence-electron chi connectivity index (χ2n) is 7.40. The number of carbonyl (C=O) groups excluding carboxylic acids is 1. The molecular formula is C20H30FN3O2. The van der Waals surface area contributed by atoms with Gasteiger partial charge in [0.05, 0.1) is 6.61 Å². The van der Waals surface area contributed by atoms with Gasteiger partial charge in [0.15, 0.2) is 0 Å². The first kappa shape index (κ1) is 19.1. The van der Waals surface area contributed by atoms with E-state index in [1.807, 2.05) is 0 Å². The summed E-state index contributed by atoms with van der Waals surface area (Å²) in [5.74, 6) is 1.05. The molecule has 0 bridgehead atoms. The predicted octanol–water partition coefficient (Wildman–Crippen LogP) is 2.08. The van der Waals surface area contributed by atoms with Crippen molar-refractivity contribution < 1.29 is 13.9 Å². The summed E-state index contributed by atoms with van der Waals surface area (Å²) in [6.45, 7) is 7.21. The highest BCUT2D eigenvalue weighted by molar-refractivity contribution is 5.79. The Morgan fingerprint density at radius 2 is 1.73 bits per heavy atom. The van der Waals surface area contributed by atoms with Crippen LogP contribution in [0.25, 0.3) is 0 Å². The maximum absolute atomic E-state index is 12.8. The first-order chi connectivity index (χ1) is 12.6. The van der Waals surface area contributed by atoms with Gasteiger partial charge in [0.1, 0.15) is 11.6 Å². The fraction of sp³-hybridized carbons (Fsp3) is 0.650. The molecule has 6 heteroatoms. The van der Waals surface area contributed by atoms with Gasteiger partial charge in [-0.05, 0) is 63.7 Å². The quantitative estimate of drug-likeness (QED) is 0.725. The van der Waals surface area contributed by atoms with Crippen LogP contribution in [0.4, 0.5) is 4.39 Å². The lowest BCUT2D eigenvalue weighted by Crippen LogP contribution is -2.51. The number of piperidine rings is 1. The van der Waals surface area contributed by atoms with Gasteiger partial charge in [0.25, 0.3) is 0 Å². The molecule has 0 radical (unpaired) electrons. The Balaban J connectivity index is 1.31. The van der Waals surface area contributed by atoms with Gasteiger partial charge in [-0.2, -0.15) is 0 Å². The van der Waals surface area contributed by atoms with Crippen molar-refractivity contribution in [1.82, 2.24) is 14.7 Å². The van der Waals surface area contributed by atoms with Crippen LogP contribution in [-0.4, -0.2) is 80.1 Å². The number of ether oxygens (including phenoxy) is 1. The van der Waals surface area contributed by atoms with E-state index in [0.717, 1.165) is 65.1 Å². The monoisotopic (exact) mass is 363 g/mol. The van der Waals surface area contributed by atoms with Crippen molar-refractivity contribution in [2.75, 3.05) is 59.5 Å². The fourth-order valence-electron chi connectivity index (χ4n) is 3.71. The third-order valence-electron chi connectivity index (χ3n) is 5.45. The van der Waals surface area contributed by atoms with Gasteiger partial charge < -0.3 is 14.5 Å². The molecular weight excluding hydrogens is 333 g/mol. The minimum absolute atomic E-state index is 0.224. The molecule has 0 aromatic heterocycles. The Bertz CT molecular complexity index is 565. The van der Waals surface area contributed by atoms with Gasteiger partial charge in [-0.25, -0.2) is 4.39 Å². The summed E-state index contributed by atoms with van der Waals surface area (Å²) < 4.78 is 18.5. The van der Waals surface area contributed by atoms with E-state index in [-0.39, 0.29) is 11.7 Å². The maximum Gasteiger partial charge on any atom is 0.225 e. The largest absolute Gasteiger partial charge is 0.494 e. The number of piperazine rings is 1. The standard InChI is InChI=1S/C20H30FN3O2/c1-22-10-7-17(8-11-22)20(25)24-14-12-23(13-15-24)9-2-16-26-19-5-3-18(21)4-6-19/h3-6,17H,2,7-16H2,1H3. The van der Waals surface area contributed by atoms with Crippen LogP contribution in [0.15, 0.2) is 24.3 Å². The predicted molar refractivity (Wildman–Crippen MR) is 99.8 cm³/mol. The van der Waals surface area contributed by atoms with Crippen molar-refractivity contribution in [2.24, 2.45) is 5.92 Å². The molecule has 0 aliphatic carbocycles. The number of halogens is 1. The second kappa shape index (κ2) is 9.33. The molecule has 2 fully saturated rings. The summed E-state index contributed by atoms with van der Waals surface area (Å²) in [4.78, 5) is 19.4. The smallest absolute Gasteiger partial charge is 0.225 e. The van der Waals surface area contributed by atoms with Gasteiger partial charge in [-0.3, -0.25) is 9.69 Å². The average molecular weight is 363 g/mol. The van der Waals surface area contributed by atoms with Crippen LogP contribution in [0.5, 0.6) is 5.75 Å². The Kier molecular flexibility index (Phi) is 6.86. The van der Waals surface area contributed by atoms with E-state index in [1.165, 1.54) is 12.1 Å². The highest BCUT2D eigenvalue weighted by Crippen LogP contribution is 2.19. The molecule has 1 aromatic carbocycles. The van der Waals surface area contributed by atoms with Crippen molar-refractivity contribution in [3.63, 3.8) is 0 Å². The maximum atomic E-state index is 12.8. The number of nitrogens with zero attached hydrogens (tertiary/aromatic N) is 3. The minimum Gasteiger partial charge on any atom is -0.494 e. The topological polar surface area (TPSA) is 36.0 Å². The van der Waals surface area contributed by atoms with E-state index in [9.17, 15) is 9.18 Å². The lowest BCUT2D eigenvalue weighted by Gasteiger charge is -2.38. The van der Waals surface area contributed by atoms with Gasteiger partial charge in [-0.15, -0.1) is 0 Å². The Labute approximate surface area is 155 Å². The minimum atomic E-state index is -0.245. The zero-order valence-electron chi connectivity index (χ0n) is 15.7. The number of carbonyl (C=O) groups is 1. The van der Waals surface area contributed by atoms with Gasteiger partial charge in [0, 0.05) is 38.6 Å². The SMILES string of the molecule is CN1CCC(C(=O)N2CCN(CCCOc3ccc(F)cc3)CC2)CC1. The van der Waals surface area contributed by atoms with Gasteiger partial charge in [0.2, 0.25) is 5.91 Å². The zero-order chi connectivity index (χ0) is 18.4. The molecule has 0 N–H and O–H groups in total. The molecule has 1 amide bonds. The first-order valence-corrected chi connectivity index (χ1v) is 9.70. The lowest BCUT2D eigenvalue weighted by molar-refractivity contribution is -0.138. The lowest BCUT2D eigenvalue weighted by atomic mass is 9.95. The summed E-state index contributed by atoms with van der Waals surface area (Å²) in [5, 5.41) is 0. The van der Waals surface area contributed by atoms with Crippen molar-refractivity contribution >= 4 is 5.91 Å². The van der Waals surface area contributed by atoms with E-state index >= 15 is 0 Å². The average Bonchev–Trinajstić information content (AvgIpc) is 2.67. The van der Waals surface area contributed by atoms with Crippen molar-refractivity contribution in [3.05, 3.63) is 30.1 Å². The van der Waals surface area contributed by atoms with E-state index in [2.05, 4.69) is 21.7 Å². The van der Waals surface area contributed by atoms with E-state index in [0.29, 0.717) is 18.3 Å². The highest BCUT2D eigenvalue weighted by atomic mass is 19.1. The van der Waals surface area contributed by atoms with E-state index in [1.54, 1.807) is 12.1 Å². The zero-order valence-corrected chi connectivity index (χ0v) is 15.7. The van der Waals surface area contributed by atoms with Crippen LogP contribution in [-0.2, 0) is 4.79 Å². The van der Waals surface area contributed by atoms with Crippen molar-refractivity contribution in [2.45, 2.75) is 19.3 Å². The highest BCUT2D eigenvalue weighted by Gasteiger charge is 2.29. The first-order valence-electron chi connectivity index (χ1n) is 9.70. The number of likely N-dealkylation sites (tertiary alicyclic amines) is 1. The number of hydrogen-bond acceptors (Lipinski definition) is 4. The number of hydrogen-bond donors (Lipinski definition) is 0. The molecule has 2 heterocycles. The van der Waals surface area contributed by atoms with Crippen LogP contribution in [0, 0.1) is 11.7 Å². The van der Waals surface area contributed by atoms with Crippen molar-refractivity contribution in [1.29, 1.82) is 0 Å². The number of rotatable bonds is 6.